The Bertz CT molecular complexity index is 1300. The van der Waals surface area contributed by atoms with E-state index in [0.717, 1.165) is 4.90 Å². The lowest BCUT2D eigenvalue weighted by molar-refractivity contribution is 0.200. The van der Waals surface area contributed by atoms with Gasteiger partial charge in [-0.15, -0.1) is 0 Å². The molecule has 0 aliphatic rings. The van der Waals surface area contributed by atoms with Crippen LogP contribution >= 0.6 is 0 Å². The van der Waals surface area contributed by atoms with Gasteiger partial charge in [-0.1, -0.05) is 18.2 Å². The first-order valence-corrected chi connectivity index (χ1v) is 9.78. The topological polar surface area (TPSA) is 149 Å². The number of halogens is 1. The molecule has 11 heteroatoms. The number of hydrogen-bond donors (Lipinski definition) is 3. The summed E-state index contributed by atoms with van der Waals surface area (Å²) < 4.78 is 15.7. The van der Waals surface area contributed by atoms with E-state index in [1.54, 1.807) is 55.1 Å². The van der Waals surface area contributed by atoms with E-state index in [1.165, 1.54) is 6.07 Å². The fraction of sp³-hybridized carbons (Fsp3) is 0.190. The van der Waals surface area contributed by atoms with Gasteiger partial charge in [-0.05, 0) is 32.0 Å². The van der Waals surface area contributed by atoms with Crippen molar-refractivity contribution in [3.05, 3.63) is 54.0 Å². The molecule has 0 aliphatic heterocycles. The lowest BCUT2D eigenvalue weighted by atomic mass is 10.2. The summed E-state index contributed by atoms with van der Waals surface area (Å²) in [5, 5.41) is 14.7. The number of hydrogen-bond acceptors (Lipinski definition) is 7. The van der Waals surface area contributed by atoms with Crippen LogP contribution in [0.2, 0.25) is 0 Å². The molecule has 10 nitrogen and oxygen atoms in total. The highest BCUT2D eigenvalue weighted by Gasteiger charge is 2.26. The number of nitrogens with two attached hydrogens (primary N) is 2. The fourth-order valence-electron chi connectivity index (χ4n) is 3.49. The number of fused-ring (bicyclic) bond motifs is 1. The molecule has 3 aromatic heterocycles. The van der Waals surface area contributed by atoms with Crippen molar-refractivity contribution < 1.29 is 14.3 Å². The summed E-state index contributed by atoms with van der Waals surface area (Å²) >= 11 is 0. The Balaban J connectivity index is 1.84. The summed E-state index contributed by atoms with van der Waals surface area (Å²) in [7, 11) is 0. The molecule has 0 spiro atoms. The number of benzene rings is 1. The Hall–Kier alpha value is -4.28. The van der Waals surface area contributed by atoms with Gasteiger partial charge in [-0.25, -0.2) is 28.8 Å². The molecular formula is C21H21FN8O2. The van der Waals surface area contributed by atoms with Gasteiger partial charge < -0.3 is 16.6 Å². The van der Waals surface area contributed by atoms with E-state index < -0.39 is 12.1 Å². The minimum Gasteiger partial charge on any atom is -0.465 e. The van der Waals surface area contributed by atoms with Gasteiger partial charge in [0, 0.05) is 17.8 Å². The van der Waals surface area contributed by atoms with Crippen molar-refractivity contribution in [1.29, 1.82) is 0 Å². The number of pyridine rings is 1. The third-order valence-electron chi connectivity index (χ3n) is 4.90. The SMILES string of the molecule is CC(C)N(C(=O)O)c1c(N)nc(-c2nn(Cc3ccccc3F)c3ncccc23)nc1N. The van der Waals surface area contributed by atoms with Crippen LogP contribution in [0.15, 0.2) is 42.6 Å². The zero-order chi connectivity index (χ0) is 23.0. The van der Waals surface area contributed by atoms with Gasteiger partial charge in [-0.3, -0.25) is 4.90 Å². The van der Waals surface area contributed by atoms with Crippen molar-refractivity contribution >= 4 is 34.4 Å². The van der Waals surface area contributed by atoms with Crippen LogP contribution in [0.5, 0.6) is 0 Å². The van der Waals surface area contributed by atoms with Crippen LogP contribution in [0.4, 0.5) is 26.5 Å². The highest BCUT2D eigenvalue weighted by molar-refractivity contribution is 5.96. The summed E-state index contributed by atoms with van der Waals surface area (Å²) in [6.45, 7) is 3.51. The molecule has 0 unspecified atom stereocenters. The van der Waals surface area contributed by atoms with E-state index >= 15 is 0 Å². The first-order chi connectivity index (χ1) is 15.3. The first kappa shape index (κ1) is 21.0. The molecular weight excluding hydrogens is 415 g/mol. The molecule has 0 saturated heterocycles. The maximum atomic E-state index is 14.2. The van der Waals surface area contributed by atoms with Crippen LogP contribution < -0.4 is 16.4 Å². The molecule has 4 aromatic rings. The Morgan fingerprint density at radius 2 is 1.84 bits per heavy atom. The number of carbonyl (C=O) groups is 1. The average molecular weight is 436 g/mol. The minimum atomic E-state index is -1.22. The molecule has 1 aromatic carbocycles. The molecule has 0 fully saturated rings. The third kappa shape index (κ3) is 3.64. The molecule has 0 saturated carbocycles. The molecule has 3 heterocycles. The highest BCUT2D eigenvalue weighted by Crippen LogP contribution is 2.33. The van der Waals surface area contributed by atoms with E-state index in [-0.39, 0.29) is 35.5 Å². The molecule has 1 amide bonds. The van der Waals surface area contributed by atoms with Crippen molar-refractivity contribution in [3.8, 4) is 11.5 Å². The smallest absolute Gasteiger partial charge is 0.412 e. The van der Waals surface area contributed by atoms with Crippen molar-refractivity contribution in [2.75, 3.05) is 16.4 Å². The molecule has 4 rings (SSSR count). The monoisotopic (exact) mass is 436 g/mol. The quantitative estimate of drug-likeness (QED) is 0.432. The Morgan fingerprint density at radius 1 is 1.16 bits per heavy atom. The van der Waals surface area contributed by atoms with E-state index in [1.807, 2.05) is 0 Å². The maximum absolute atomic E-state index is 14.2. The van der Waals surface area contributed by atoms with Crippen molar-refractivity contribution in [2.45, 2.75) is 26.4 Å². The predicted octanol–water partition coefficient (Wildman–Crippen LogP) is 3.13. The number of aromatic nitrogens is 5. The Morgan fingerprint density at radius 3 is 2.47 bits per heavy atom. The average Bonchev–Trinajstić information content (AvgIpc) is 3.10. The highest BCUT2D eigenvalue weighted by atomic mass is 19.1. The predicted molar refractivity (Wildman–Crippen MR) is 119 cm³/mol. The van der Waals surface area contributed by atoms with Crippen molar-refractivity contribution in [1.82, 2.24) is 24.7 Å². The van der Waals surface area contributed by atoms with E-state index in [2.05, 4.69) is 20.1 Å². The van der Waals surface area contributed by atoms with Crippen LogP contribution in [-0.4, -0.2) is 42.0 Å². The lowest BCUT2D eigenvalue weighted by Gasteiger charge is -2.25. The van der Waals surface area contributed by atoms with Gasteiger partial charge in [-0.2, -0.15) is 5.10 Å². The van der Waals surface area contributed by atoms with Gasteiger partial charge in [0.25, 0.3) is 0 Å². The van der Waals surface area contributed by atoms with Gasteiger partial charge >= 0.3 is 6.09 Å². The van der Waals surface area contributed by atoms with E-state index in [4.69, 9.17) is 11.5 Å². The number of anilines is 3. The fourth-order valence-corrected chi connectivity index (χ4v) is 3.49. The van der Waals surface area contributed by atoms with Crippen molar-refractivity contribution in [3.63, 3.8) is 0 Å². The standard InChI is InChI=1S/C21H21FN8O2/c1-11(2)30(21(31)32)16-17(23)26-19(27-18(16)24)15-13-7-5-9-25-20(13)29(28-15)10-12-6-3-4-8-14(12)22/h3-9,11H,10H2,1-2H3,(H,31,32)(H4,23,24,26,27). The molecule has 0 aliphatic carbocycles. The molecule has 5 N–H and O–H groups in total. The molecule has 32 heavy (non-hydrogen) atoms. The second-order valence-electron chi connectivity index (χ2n) is 7.38. The number of carboxylic acid groups (broad SMARTS) is 1. The van der Waals surface area contributed by atoms with Gasteiger partial charge in [0.1, 0.15) is 17.2 Å². The van der Waals surface area contributed by atoms with Crippen molar-refractivity contribution in [2.24, 2.45) is 0 Å². The van der Waals surface area contributed by atoms with Crippen LogP contribution in [0.3, 0.4) is 0 Å². The van der Waals surface area contributed by atoms with E-state index in [9.17, 15) is 14.3 Å². The maximum Gasteiger partial charge on any atom is 0.412 e. The first-order valence-electron chi connectivity index (χ1n) is 9.78. The molecule has 164 valence electrons. The van der Waals surface area contributed by atoms with Gasteiger partial charge in [0.2, 0.25) is 0 Å². The largest absolute Gasteiger partial charge is 0.465 e. The molecule has 0 bridgehead atoms. The third-order valence-corrected chi connectivity index (χ3v) is 4.90. The summed E-state index contributed by atoms with van der Waals surface area (Å²) in [5.74, 6) is -0.429. The van der Waals surface area contributed by atoms with Crippen LogP contribution in [-0.2, 0) is 6.54 Å². The number of nitrogens with zero attached hydrogens (tertiary/aromatic N) is 6. The normalized spacial score (nSPS) is 11.2. The van der Waals surface area contributed by atoms with Gasteiger partial charge in [0.05, 0.1) is 11.9 Å². The minimum absolute atomic E-state index is 0.0180. The van der Waals surface area contributed by atoms with Gasteiger partial charge in [0.15, 0.2) is 23.1 Å². The summed E-state index contributed by atoms with van der Waals surface area (Å²) in [4.78, 5) is 25.6. The second kappa shape index (κ2) is 8.10. The lowest BCUT2D eigenvalue weighted by Crippen LogP contribution is -2.37. The summed E-state index contributed by atoms with van der Waals surface area (Å²) in [6, 6.07) is 9.47. The summed E-state index contributed by atoms with van der Waals surface area (Å²) in [5.41, 5.74) is 13.5. The Labute approximate surface area is 182 Å². The van der Waals surface area contributed by atoms with Crippen LogP contribution in [0, 0.1) is 5.82 Å². The second-order valence-corrected chi connectivity index (χ2v) is 7.38. The molecule has 0 atom stereocenters. The van der Waals surface area contributed by atoms with Crippen LogP contribution in [0.1, 0.15) is 19.4 Å². The zero-order valence-corrected chi connectivity index (χ0v) is 17.4. The summed E-state index contributed by atoms with van der Waals surface area (Å²) in [6.07, 6.45) is 0.379. The number of nitrogen functional groups attached to an aromatic ring is 2. The Kier molecular flexibility index (Phi) is 5.31. The zero-order valence-electron chi connectivity index (χ0n) is 17.4. The number of amides is 1. The van der Waals surface area contributed by atoms with E-state index in [0.29, 0.717) is 22.3 Å². The molecule has 0 radical (unpaired) electrons. The number of rotatable bonds is 5. The van der Waals surface area contributed by atoms with Crippen LogP contribution in [0.25, 0.3) is 22.6 Å².